The lowest BCUT2D eigenvalue weighted by molar-refractivity contribution is -0.123. The smallest absolute Gasteiger partial charge is 0.263 e. The van der Waals surface area contributed by atoms with Crippen LogP contribution in [0.4, 0.5) is 0 Å². The van der Waals surface area contributed by atoms with E-state index in [1.807, 2.05) is 18.4 Å². The van der Waals surface area contributed by atoms with E-state index in [-0.39, 0.29) is 11.9 Å². The van der Waals surface area contributed by atoms with E-state index in [1.165, 1.54) is 0 Å². The van der Waals surface area contributed by atoms with E-state index in [0.717, 1.165) is 17.7 Å². The van der Waals surface area contributed by atoms with E-state index in [9.17, 15) is 4.79 Å². The molecule has 1 aromatic rings. The van der Waals surface area contributed by atoms with Gasteiger partial charge in [0.1, 0.15) is 11.9 Å². The average molecular weight is 250 g/mol. The minimum Gasteiger partial charge on any atom is -0.282 e. The van der Waals surface area contributed by atoms with Crippen LogP contribution in [0.2, 0.25) is 0 Å². The minimum atomic E-state index is -0.307. The summed E-state index contributed by atoms with van der Waals surface area (Å²) in [5.41, 5.74) is 6.30. The molecule has 2 N–H and O–H groups in total. The van der Waals surface area contributed by atoms with Gasteiger partial charge in [-0.1, -0.05) is 0 Å². The standard InChI is InChI=1S/C11H14N4OS/c1-17-6-4-9-11(16)15-14-10(13-9)8-3-2-5-12-7-8/h2-3,5,7,9H,4,6H2,1H3,(H,13,14)(H,15,16). The molecule has 6 heteroatoms. The molecule has 17 heavy (non-hydrogen) atoms. The quantitative estimate of drug-likeness (QED) is 0.820. The largest absolute Gasteiger partial charge is 0.282 e. The van der Waals surface area contributed by atoms with Gasteiger partial charge in [0.05, 0.1) is 0 Å². The molecule has 2 heterocycles. The Morgan fingerprint density at radius 2 is 2.35 bits per heavy atom. The van der Waals surface area contributed by atoms with E-state index in [2.05, 4.69) is 20.8 Å². The third-order valence-corrected chi connectivity index (χ3v) is 3.07. The van der Waals surface area contributed by atoms with Gasteiger partial charge in [0.2, 0.25) is 0 Å². The summed E-state index contributed by atoms with van der Waals surface area (Å²) in [6.07, 6.45) is 6.19. The maximum absolute atomic E-state index is 11.6. The molecule has 0 fully saturated rings. The highest BCUT2D eigenvalue weighted by atomic mass is 32.2. The van der Waals surface area contributed by atoms with E-state index in [1.54, 1.807) is 24.2 Å². The van der Waals surface area contributed by atoms with Gasteiger partial charge in [0.25, 0.3) is 5.91 Å². The number of carbonyl (C=O) groups is 1. The molecule has 5 nitrogen and oxygen atoms in total. The zero-order valence-corrected chi connectivity index (χ0v) is 10.3. The van der Waals surface area contributed by atoms with Crippen molar-refractivity contribution in [3.63, 3.8) is 0 Å². The second kappa shape index (κ2) is 5.67. The molecule has 1 aliphatic rings. The first-order valence-corrected chi connectivity index (χ1v) is 6.73. The summed E-state index contributed by atoms with van der Waals surface area (Å²) in [6, 6.07) is 3.44. The van der Waals surface area contributed by atoms with Gasteiger partial charge in [-0.05, 0) is 30.6 Å². The number of pyridine rings is 1. The number of amidine groups is 1. The maximum atomic E-state index is 11.6. The Hall–Kier alpha value is -1.56. The third kappa shape index (κ3) is 2.97. The highest BCUT2D eigenvalue weighted by Gasteiger charge is 2.22. The molecule has 0 aromatic carbocycles. The lowest BCUT2D eigenvalue weighted by atomic mass is 10.2. The third-order valence-electron chi connectivity index (χ3n) is 2.42. The summed E-state index contributed by atoms with van der Waals surface area (Å²) in [6.45, 7) is 0. The van der Waals surface area contributed by atoms with E-state index >= 15 is 0 Å². The number of rotatable bonds is 4. The fourth-order valence-corrected chi connectivity index (χ4v) is 1.98. The molecule has 2 rings (SSSR count). The number of hydrogen-bond donors (Lipinski definition) is 2. The Balaban J connectivity index is 2.15. The zero-order chi connectivity index (χ0) is 12.1. The van der Waals surface area contributed by atoms with Crippen LogP contribution in [-0.2, 0) is 4.79 Å². The summed E-state index contributed by atoms with van der Waals surface area (Å²) >= 11 is 1.71. The second-order valence-electron chi connectivity index (χ2n) is 3.63. The van der Waals surface area contributed by atoms with Crippen molar-refractivity contribution in [2.24, 2.45) is 4.99 Å². The fraction of sp³-hybridized carbons (Fsp3) is 0.364. The number of aromatic nitrogens is 1. The van der Waals surface area contributed by atoms with Crippen LogP contribution in [0.5, 0.6) is 0 Å². The first-order valence-electron chi connectivity index (χ1n) is 5.34. The van der Waals surface area contributed by atoms with Crippen molar-refractivity contribution in [3.05, 3.63) is 30.1 Å². The molecule has 1 atom stereocenters. The Kier molecular flexibility index (Phi) is 3.98. The van der Waals surface area contributed by atoms with E-state index in [0.29, 0.717) is 5.84 Å². The van der Waals surface area contributed by atoms with Gasteiger partial charge in [-0.25, -0.2) is 0 Å². The Morgan fingerprint density at radius 3 is 3.06 bits per heavy atom. The lowest BCUT2D eigenvalue weighted by Crippen LogP contribution is -2.51. The summed E-state index contributed by atoms with van der Waals surface area (Å²) in [5.74, 6) is 1.51. The number of nitrogens with zero attached hydrogens (tertiary/aromatic N) is 2. The molecule has 1 unspecified atom stereocenters. The molecule has 0 saturated carbocycles. The number of thioether (sulfide) groups is 1. The molecule has 1 amide bonds. The zero-order valence-electron chi connectivity index (χ0n) is 9.51. The van der Waals surface area contributed by atoms with Crippen molar-refractivity contribution in [1.82, 2.24) is 15.8 Å². The Morgan fingerprint density at radius 1 is 1.47 bits per heavy atom. The van der Waals surface area contributed by atoms with Gasteiger partial charge in [-0.15, -0.1) is 0 Å². The number of nitrogens with one attached hydrogen (secondary N) is 2. The van der Waals surface area contributed by atoms with Crippen LogP contribution >= 0.6 is 11.8 Å². The van der Waals surface area contributed by atoms with Crippen LogP contribution in [0.15, 0.2) is 29.5 Å². The SMILES string of the molecule is CSCCC1N=C(c2cccnc2)NNC1=O. The second-order valence-corrected chi connectivity index (χ2v) is 4.62. The molecule has 0 aliphatic carbocycles. The molecular weight excluding hydrogens is 236 g/mol. The first kappa shape index (κ1) is 11.9. The Labute approximate surface area is 104 Å². The van der Waals surface area contributed by atoms with Crippen LogP contribution in [0.1, 0.15) is 12.0 Å². The molecule has 90 valence electrons. The van der Waals surface area contributed by atoms with Crippen molar-refractivity contribution in [2.75, 3.05) is 12.0 Å². The summed E-state index contributed by atoms with van der Waals surface area (Å²) in [7, 11) is 0. The molecule has 0 spiro atoms. The van der Waals surface area contributed by atoms with Gasteiger partial charge < -0.3 is 0 Å². The summed E-state index contributed by atoms with van der Waals surface area (Å²) in [5, 5.41) is 0. The van der Waals surface area contributed by atoms with Crippen LogP contribution in [0, 0.1) is 0 Å². The van der Waals surface area contributed by atoms with Gasteiger partial charge in [0.15, 0.2) is 0 Å². The first-order chi connectivity index (χ1) is 8.31. The van der Waals surface area contributed by atoms with Crippen LogP contribution in [-0.4, -0.2) is 34.8 Å². The maximum Gasteiger partial charge on any atom is 0.263 e. The van der Waals surface area contributed by atoms with Gasteiger partial charge >= 0.3 is 0 Å². The highest BCUT2D eigenvalue weighted by molar-refractivity contribution is 7.98. The number of hydrogen-bond acceptors (Lipinski definition) is 5. The number of aliphatic imine (C=N–C) groups is 1. The van der Waals surface area contributed by atoms with Crippen molar-refractivity contribution in [1.29, 1.82) is 0 Å². The Bertz CT molecular complexity index is 421. The number of carbonyl (C=O) groups excluding carboxylic acids is 1. The molecule has 1 aromatic heterocycles. The van der Waals surface area contributed by atoms with Crippen LogP contribution in [0.3, 0.4) is 0 Å². The van der Waals surface area contributed by atoms with Crippen molar-refractivity contribution < 1.29 is 4.79 Å². The topological polar surface area (TPSA) is 66.4 Å². The fourth-order valence-electron chi connectivity index (χ4n) is 1.53. The average Bonchev–Trinajstić information content (AvgIpc) is 2.39. The number of hydrazine groups is 1. The van der Waals surface area contributed by atoms with E-state index in [4.69, 9.17) is 0 Å². The molecule has 0 bridgehead atoms. The van der Waals surface area contributed by atoms with Crippen LogP contribution in [0.25, 0.3) is 0 Å². The highest BCUT2D eigenvalue weighted by Crippen LogP contribution is 2.09. The van der Waals surface area contributed by atoms with Crippen LogP contribution < -0.4 is 10.9 Å². The molecule has 0 saturated heterocycles. The normalized spacial score (nSPS) is 19.2. The molecular formula is C11H14N4OS. The van der Waals surface area contributed by atoms with E-state index < -0.39 is 0 Å². The monoisotopic (exact) mass is 250 g/mol. The molecule has 1 aliphatic heterocycles. The predicted molar refractivity (Wildman–Crippen MR) is 68.8 cm³/mol. The minimum absolute atomic E-state index is 0.0771. The summed E-state index contributed by atoms with van der Waals surface area (Å²) in [4.78, 5) is 20.0. The molecule has 0 radical (unpaired) electrons. The predicted octanol–water partition coefficient (Wildman–Crippen LogP) is 0.584. The van der Waals surface area contributed by atoms with Crippen molar-refractivity contribution in [2.45, 2.75) is 12.5 Å². The van der Waals surface area contributed by atoms with Gasteiger partial charge in [-0.2, -0.15) is 11.8 Å². The van der Waals surface area contributed by atoms with Gasteiger partial charge in [0, 0.05) is 18.0 Å². The number of amides is 1. The summed E-state index contributed by atoms with van der Waals surface area (Å²) < 4.78 is 0. The van der Waals surface area contributed by atoms with Crippen molar-refractivity contribution >= 4 is 23.5 Å². The van der Waals surface area contributed by atoms with Gasteiger partial charge in [-0.3, -0.25) is 25.6 Å². The lowest BCUT2D eigenvalue weighted by Gasteiger charge is -2.21. The van der Waals surface area contributed by atoms with Crippen molar-refractivity contribution in [3.8, 4) is 0 Å².